The highest BCUT2D eigenvalue weighted by atomic mass is 35.5. The molecule has 0 fully saturated rings. The highest BCUT2D eigenvalue weighted by Gasteiger charge is 2.12. The predicted octanol–water partition coefficient (Wildman–Crippen LogP) is 3.76. The average Bonchev–Trinajstić information content (AvgIpc) is 2.26. The van der Waals surface area contributed by atoms with E-state index in [4.69, 9.17) is 23.2 Å². The third-order valence-electron chi connectivity index (χ3n) is 2.11. The molecular formula is C11H8Cl2N2. The normalized spacial score (nSPS) is 10.3. The number of aromatic nitrogens is 2. The molecule has 0 atom stereocenters. The summed E-state index contributed by atoms with van der Waals surface area (Å²) < 4.78 is 0. The minimum atomic E-state index is 0.237. The van der Waals surface area contributed by atoms with E-state index in [2.05, 4.69) is 10.2 Å². The van der Waals surface area contributed by atoms with Crippen LogP contribution in [0.25, 0.3) is 11.1 Å². The molecule has 0 amide bonds. The number of halogens is 2. The fourth-order valence-corrected chi connectivity index (χ4v) is 1.83. The van der Waals surface area contributed by atoms with Crippen LogP contribution in [0.15, 0.2) is 30.3 Å². The summed E-state index contributed by atoms with van der Waals surface area (Å²) in [5.74, 6) is 0. The zero-order valence-corrected chi connectivity index (χ0v) is 9.55. The van der Waals surface area contributed by atoms with E-state index in [1.807, 2.05) is 37.3 Å². The maximum Gasteiger partial charge on any atom is 0.170 e. The van der Waals surface area contributed by atoms with Gasteiger partial charge in [-0.25, -0.2) is 0 Å². The monoisotopic (exact) mass is 238 g/mol. The Hall–Kier alpha value is -1.12. The fraction of sp³-hybridized carbons (Fsp3) is 0.0909. The Balaban J connectivity index is 2.68. The average molecular weight is 239 g/mol. The maximum absolute atomic E-state index is 6.10. The second-order valence-corrected chi connectivity index (χ2v) is 3.87. The minimum absolute atomic E-state index is 0.237. The summed E-state index contributed by atoms with van der Waals surface area (Å²) in [7, 11) is 0. The number of aryl methyl sites for hydroxylation is 1. The Morgan fingerprint density at radius 1 is 1.00 bits per heavy atom. The van der Waals surface area contributed by atoms with Crippen LogP contribution in [-0.4, -0.2) is 10.2 Å². The Labute approximate surface area is 97.9 Å². The van der Waals surface area contributed by atoms with Crippen LogP contribution in [0.3, 0.4) is 0 Å². The number of nitrogens with zero attached hydrogens (tertiary/aromatic N) is 2. The van der Waals surface area contributed by atoms with Gasteiger partial charge in [-0.1, -0.05) is 53.5 Å². The number of hydrogen-bond acceptors (Lipinski definition) is 2. The second-order valence-electron chi connectivity index (χ2n) is 3.13. The van der Waals surface area contributed by atoms with Gasteiger partial charge in [0.25, 0.3) is 0 Å². The minimum Gasteiger partial charge on any atom is -0.154 e. The van der Waals surface area contributed by atoms with Gasteiger partial charge < -0.3 is 0 Å². The van der Waals surface area contributed by atoms with Crippen molar-refractivity contribution < 1.29 is 0 Å². The van der Waals surface area contributed by atoms with E-state index in [0.29, 0.717) is 5.02 Å². The molecule has 76 valence electrons. The molecule has 4 heteroatoms. The van der Waals surface area contributed by atoms with E-state index in [1.165, 1.54) is 0 Å². The molecule has 1 heterocycles. The zero-order chi connectivity index (χ0) is 10.8. The zero-order valence-electron chi connectivity index (χ0n) is 8.04. The van der Waals surface area contributed by atoms with Crippen LogP contribution in [0, 0.1) is 6.92 Å². The maximum atomic E-state index is 6.10. The molecule has 2 nitrogen and oxygen atoms in total. The van der Waals surface area contributed by atoms with Gasteiger partial charge >= 0.3 is 0 Å². The summed E-state index contributed by atoms with van der Waals surface area (Å²) in [5.41, 5.74) is 2.62. The Kier molecular flexibility index (Phi) is 2.89. The van der Waals surface area contributed by atoms with E-state index in [0.717, 1.165) is 16.8 Å². The lowest BCUT2D eigenvalue weighted by Crippen LogP contribution is -1.93. The van der Waals surface area contributed by atoms with Crippen LogP contribution < -0.4 is 0 Å². The molecule has 0 spiro atoms. The summed E-state index contributed by atoms with van der Waals surface area (Å²) in [4.78, 5) is 0. The first-order valence-electron chi connectivity index (χ1n) is 4.44. The van der Waals surface area contributed by atoms with Crippen molar-refractivity contribution in [3.63, 3.8) is 0 Å². The molecule has 0 saturated heterocycles. The highest BCUT2D eigenvalue weighted by molar-refractivity contribution is 6.43. The van der Waals surface area contributed by atoms with E-state index < -0.39 is 0 Å². The van der Waals surface area contributed by atoms with Gasteiger partial charge in [-0.05, 0) is 12.5 Å². The Bertz CT molecular complexity index is 483. The first-order chi connectivity index (χ1) is 7.20. The summed E-state index contributed by atoms with van der Waals surface area (Å²) in [6.07, 6.45) is 0. The molecule has 0 saturated carbocycles. The van der Waals surface area contributed by atoms with Crippen LogP contribution in [-0.2, 0) is 0 Å². The van der Waals surface area contributed by atoms with Gasteiger partial charge in [0.05, 0.1) is 10.7 Å². The van der Waals surface area contributed by atoms with Crippen LogP contribution >= 0.6 is 23.2 Å². The number of rotatable bonds is 1. The molecule has 15 heavy (non-hydrogen) atoms. The first-order valence-corrected chi connectivity index (χ1v) is 5.19. The van der Waals surface area contributed by atoms with Crippen LogP contribution in [0.2, 0.25) is 10.2 Å². The molecule has 0 unspecified atom stereocenters. The van der Waals surface area contributed by atoms with Crippen LogP contribution in [0.5, 0.6) is 0 Å². The lowest BCUT2D eigenvalue weighted by atomic mass is 10.1. The van der Waals surface area contributed by atoms with E-state index >= 15 is 0 Å². The second kappa shape index (κ2) is 4.17. The molecule has 1 aromatic carbocycles. The molecule has 0 bridgehead atoms. The smallest absolute Gasteiger partial charge is 0.154 e. The largest absolute Gasteiger partial charge is 0.170 e. The van der Waals surface area contributed by atoms with Crippen molar-refractivity contribution >= 4 is 23.2 Å². The fourth-order valence-electron chi connectivity index (χ4n) is 1.42. The molecule has 0 aliphatic heterocycles. The van der Waals surface area contributed by atoms with Crippen molar-refractivity contribution in [1.29, 1.82) is 0 Å². The highest BCUT2D eigenvalue weighted by Crippen LogP contribution is 2.33. The molecular weight excluding hydrogens is 231 g/mol. The summed E-state index contributed by atoms with van der Waals surface area (Å²) in [6.45, 7) is 1.86. The van der Waals surface area contributed by atoms with E-state index in [1.54, 1.807) is 0 Å². The molecule has 2 aromatic rings. The van der Waals surface area contributed by atoms with Crippen molar-refractivity contribution in [3.05, 3.63) is 46.2 Å². The van der Waals surface area contributed by atoms with Gasteiger partial charge in [-0.2, -0.15) is 5.10 Å². The van der Waals surface area contributed by atoms with Gasteiger partial charge in [0, 0.05) is 5.56 Å². The summed E-state index contributed by atoms with van der Waals surface area (Å²) in [6, 6.07) is 9.76. The van der Waals surface area contributed by atoms with Crippen LogP contribution in [0.1, 0.15) is 5.69 Å². The molecule has 0 aliphatic carbocycles. The Morgan fingerprint density at radius 2 is 1.67 bits per heavy atom. The van der Waals surface area contributed by atoms with Crippen molar-refractivity contribution in [1.82, 2.24) is 10.2 Å². The SMILES string of the molecule is Cc1nnc(Cl)c(Cl)c1-c1ccccc1. The summed E-state index contributed by atoms with van der Waals surface area (Å²) in [5, 5.41) is 8.39. The molecule has 2 rings (SSSR count). The van der Waals surface area contributed by atoms with Crippen molar-refractivity contribution in [2.24, 2.45) is 0 Å². The van der Waals surface area contributed by atoms with Gasteiger partial charge in [0.15, 0.2) is 5.15 Å². The summed E-state index contributed by atoms with van der Waals surface area (Å²) >= 11 is 11.9. The van der Waals surface area contributed by atoms with Crippen molar-refractivity contribution in [2.45, 2.75) is 6.92 Å². The number of benzene rings is 1. The van der Waals surface area contributed by atoms with Gasteiger partial charge in [0.2, 0.25) is 0 Å². The molecule has 0 aliphatic rings. The number of hydrogen-bond donors (Lipinski definition) is 0. The topological polar surface area (TPSA) is 25.8 Å². The van der Waals surface area contributed by atoms with Crippen molar-refractivity contribution in [2.75, 3.05) is 0 Å². The van der Waals surface area contributed by atoms with Gasteiger partial charge in [-0.3, -0.25) is 0 Å². The van der Waals surface area contributed by atoms with Gasteiger partial charge in [-0.15, -0.1) is 5.10 Å². The van der Waals surface area contributed by atoms with Crippen LogP contribution in [0.4, 0.5) is 0 Å². The quantitative estimate of drug-likeness (QED) is 0.757. The third kappa shape index (κ3) is 1.96. The predicted molar refractivity (Wildman–Crippen MR) is 62.2 cm³/mol. The standard InChI is InChI=1S/C11H8Cl2N2/c1-7-9(8-5-3-2-4-6-8)10(12)11(13)15-14-7/h2-6H,1H3. The Morgan fingerprint density at radius 3 is 2.33 bits per heavy atom. The van der Waals surface area contributed by atoms with Crippen molar-refractivity contribution in [3.8, 4) is 11.1 Å². The molecule has 0 N–H and O–H groups in total. The van der Waals surface area contributed by atoms with E-state index in [-0.39, 0.29) is 5.15 Å². The molecule has 1 aromatic heterocycles. The third-order valence-corrected chi connectivity index (χ3v) is 2.84. The lowest BCUT2D eigenvalue weighted by molar-refractivity contribution is 0.984. The van der Waals surface area contributed by atoms with E-state index in [9.17, 15) is 0 Å². The lowest BCUT2D eigenvalue weighted by Gasteiger charge is -2.07. The molecule has 0 radical (unpaired) electrons. The first kappa shape index (κ1) is 10.4. The van der Waals surface area contributed by atoms with Gasteiger partial charge in [0.1, 0.15) is 0 Å².